The van der Waals surface area contributed by atoms with Crippen LogP contribution in [-0.2, 0) is 14.8 Å². The first-order valence-corrected chi connectivity index (χ1v) is 8.63. The van der Waals surface area contributed by atoms with Crippen LogP contribution in [0.2, 0.25) is 0 Å². The topological polar surface area (TPSA) is 107 Å². The van der Waals surface area contributed by atoms with E-state index in [0.29, 0.717) is 19.3 Å². The van der Waals surface area contributed by atoms with Crippen LogP contribution < -0.4 is 4.72 Å². The lowest BCUT2D eigenvalue weighted by molar-refractivity contribution is -0.139. The molecule has 0 bridgehead atoms. The van der Waals surface area contributed by atoms with Crippen molar-refractivity contribution in [3.8, 4) is 6.07 Å². The van der Waals surface area contributed by atoms with Crippen molar-refractivity contribution in [1.29, 1.82) is 5.26 Å². The molecule has 114 valence electrons. The minimum absolute atomic E-state index is 0.268. The van der Waals surface area contributed by atoms with Gasteiger partial charge in [-0.05, 0) is 19.3 Å². The molecular formula is C13H22N2O4S. The second-order valence-corrected chi connectivity index (χ2v) is 7.26. The van der Waals surface area contributed by atoms with Crippen molar-refractivity contribution >= 4 is 16.0 Å². The van der Waals surface area contributed by atoms with Crippen LogP contribution in [0.4, 0.5) is 0 Å². The van der Waals surface area contributed by atoms with Gasteiger partial charge in [-0.25, -0.2) is 13.1 Å². The van der Waals surface area contributed by atoms with E-state index in [1.165, 1.54) is 0 Å². The van der Waals surface area contributed by atoms with E-state index in [9.17, 15) is 18.5 Å². The fourth-order valence-corrected chi connectivity index (χ4v) is 4.42. The zero-order chi connectivity index (χ0) is 15.2. The summed E-state index contributed by atoms with van der Waals surface area (Å²) in [6, 6.07) is 1.01. The maximum absolute atomic E-state index is 12.1. The Hall–Kier alpha value is -1.13. The summed E-state index contributed by atoms with van der Waals surface area (Å²) in [5, 5.41) is 18.3. The first-order chi connectivity index (χ1) is 9.34. The molecule has 0 aromatic heterocycles. The quantitative estimate of drug-likeness (QED) is 0.708. The van der Waals surface area contributed by atoms with Crippen molar-refractivity contribution in [2.24, 2.45) is 5.41 Å². The highest BCUT2D eigenvalue weighted by molar-refractivity contribution is 7.89. The summed E-state index contributed by atoms with van der Waals surface area (Å²) < 4.78 is 26.4. The average Bonchev–Trinajstić information content (AvgIpc) is 2.82. The molecule has 2 N–H and O–H groups in total. The predicted octanol–water partition coefficient (Wildman–Crippen LogP) is 1.63. The van der Waals surface area contributed by atoms with Crippen LogP contribution in [0.25, 0.3) is 0 Å². The second kappa shape index (κ2) is 7.04. The molecular weight excluding hydrogens is 280 g/mol. The molecule has 1 rings (SSSR count). The summed E-state index contributed by atoms with van der Waals surface area (Å²) >= 11 is 0. The highest BCUT2D eigenvalue weighted by atomic mass is 32.2. The van der Waals surface area contributed by atoms with Crippen LogP contribution >= 0.6 is 0 Å². The Morgan fingerprint density at radius 3 is 2.50 bits per heavy atom. The second-order valence-electron chi connectivity index (χ2n) is 5.51. The van der Waals surface area contributed by atoms with E-state index in [4.69, 9.17) is 5.11 Å². The van der Waals surface area contributed by atoms with Crippen LogP contribution in [0.5, 0.6) is 0 Å². The van der Waals surface area contributed by atoms with Crippen molar-refractivity contribution in [1.82, 2.24) is 4.72 Å². The molecule has 0 aromatic carbocycles. The monoisotopic (exact) mass is 302 g/mol. The summed E-state index contributed by atoms with van der Waals surface area (Å²) in [6.45, 7) is 1.91. The molecule has 0 saturated heterocycles. The minimum atomic E-state index is -3.76. The minimum Gasteiger partial charge on any atom is -0.480 e. The zero-order valence-electron chi connectivity index (χ0n) is 11.8. The molecule has 0 heterocycles. The maximum atomic E-state index is 12.1. The third-order valence-electron chi connectivity index (χ3n) is 3.73. The molecule has 1 atom stereocenters. The fourth-order valence-electron chi connectivity index (χ4n) is 2.60. The normalized spacial score (nSPS) is 19.4. The molecule has 0 amide bonds. The van der Waals surface area contributed by atoms with Crippen LogP contribution in [0.15, 0.2) is 0 Å². The smallest absolute Gasteiger partial charge is 0.321 e. The lowest BCUT2D eigenvalue weighted by atomic mass is 9.91. The van der Waals surface area contributed by atoms with Gasteiger partial charge in [0.25, 0.3) is 0 Å². The first-order valence-electron chi connectivity index (χ1n) is 6.98. The third-order valence-corrected chi connectivity index (χ3v) is 5.31. The number of aliphatic carboxylic acids is 1. The van der Waals surface area contributed by atoms with Crippen LogP contribution in [0, 0.1) is 16.7 Å². The number of carboxylic acid groups (broad SMARTS) is 1. The van der Waals surface area contributed by atoms with Gasteiger partial charge in [-0.3, -0.25) is 4.79 Å². The van der Waals surface area contributed by atoms with Crippen molar-refractivity contribution in [3.05, 3.63) is 0 Å². The van der Waals surface area contributed by atoms with Gasteiger partial charge in [-0.15, -0.1) is 0 Å². The average molecular weight is 302 g/mol. The molecule has 1 aliphatic rings. The highest BCUT2D eigenvalue weighted by Gasteiger charge is 2.39. The highest BCUT2D eigenvalue weighted by Crippen LogP contribution is 2.38. The van der Waals surface area contributed by atoms with Crippen LogP contribution in [-0.4, -0.2) is 31.3 Å². The molecule has 1 fully saturated rings. The Balaban J connectivity index is 2.72. The molecule has 0 aliphatic heterocycles. The molecule has 20 heavy (non-hydrogen) atoms. The van der Waals surface area contributed by atoms with Gasteiger partial charge in [0.05, 0.1) is 17.2 Å². The summed E-state index contributed by atoms with van der Waals surface area (Å²) in [5.74, 6) is -1.47. The van der Waals surface area contributed by atoms with Crippen molar-refractivity contribution in [2.75, 3.05) is 5.75 Å². The Morgan fingerprint density at radius 1 is 1.45 bits per heavy atom. The zero-order valence-corrected chi connectivity index (χ0v) is 12.6. The van der Waals surface area contributed by atoms with Gasteiger partial charge in [-0.1, -0.05) is 32.6 Å². The Labute approximate surface area is 120 Å². The first kappa shape index (κ1) is 16.9. The molecule has 0 spiro atoms. The number of sulfonamides is 1. The van der Waals surface area contributed by atoms with Gasteiger partial charge in [0.2, 0.25) is 10.0 Å². The number of nitrogens with zero attached hydrogens (tertiary/aromatic N) is 1. The molecule has 1 saturated carbocycles. The summed E-state index contributed by atoms with van der Waals surface area (Å²) in [4.78, 5) is 11.1. The van der Waals surface area contributed by atoms with E-state index >= 15 is 0 Å². The lowest BCUT2D eigenvalue weighted by Gasteiger charge is -2.22. The number of unbranched alkanes of at least 4 members (excludes halogenated alkanes) is 1. The Bertz CT molecular complexity index is 475. The van der Waals surface area contributed by atoms with Crippen molar-refractivity contribution in [3.63, 3.8) is 0 Å². The van der Waals surface area contributed by atoms with E-state index in [1.54, 1.807) is 0 Å². The molecule has 0 radical (unpaired) electrons. The molecule has 7 heteroatoms. The molecule has 6 nitrogen and oxygen atoms in total. The number of hydrogen-bond donors (Lipinski definition) is 2. The van der Waals surface area contributed by atoms with Gasteiger partial charge in [0.15, 0.2) is 0 Å². The van der Waals surface area contributed by atoms with Gasteiger partial charge in [0.1, 0.15) is 6.04 Å². The number of rotatable bonds is 8. The SMILES string of the molecule is CCCC[C@H](NS(=O)(=O)CC1(C#N)CCCC1)C(=O)O. The maximum Gasteiger partial charge on any atom is 0.321 e. The number of hydrogen-bond acceptors (Lipinski definition) is 4. The lowest BCUT2D eigenvalue weighted by Crippen LogP contribution is -2.44. The molecule has 0 unspecified atom stereocenters. The van der Waals surface area contributed by atoms with Crippen molar-refractivity contribution in [2.45, 2.75) is 57.9 Å². The molecule has 1 aliphatic carbocycles. The number of nitriles is 1. The van der Waals surface area contributed by atoms with Gasteiger partial charge in [0, 0.05) is 0 Å². The van der Waals surface area contributed by atoms with E-state index in [0.717, 1.165) is 19.3 Å². The predicted molar refractivity (Wildman–Crippen MR) is 74.4 cm³/mol. The van der Waals surface area contributed by atoms with Crippen LogP contribution in [0.3, 0.4) is 0 Å². The van der Waals surface area contributed by atoms with Crippen LogP contribution in [0.1, 0.15) is 51.9 Å². The molecule has 0 aromatic rings. The number of carboxylic acids is 1. The summed E-state index contributed by atoms with van der Waals surface area (Å²) in [7, 11) is -3.76. The number of nitrogens with one attached hydrogen (secondary N) is 1. The standard InChI is InChI=1S/C13H22N2O4S/c1-2-3-6-11(12(16)17)15-20(18,19)10-13(9-14)7-4-5-8-13/h11,15H,2-8,10H2,1H3,(H,16,17)/t11-/m0/s1. The third kappa shape index (κ3) is 4.76. The van der Waals surface area contributed by atoms with E-state index in [1.807, 2.05) is 6.92 Å². The Kier molecular flexibility index (Phi) is 5.96. The van der Waals surface area contributed by atoms with Gasteiger partial charge >= 0.3 is 5.97 Å². The summed E-state index contributed by atoms with van der Waals surface area (Å²) in [6.07, 6.45) is 4.54. The summed E-state index contributed by atoms with van der Waals surface area (Å²) in [5.41, 5.74) is -0.848. The van der Waals surface area contributed by atoms with E-state index in [2.05, 4.69) is 10.8 Å². The number of carbonyl (C=O) groups is 1. The van der Waals surface area contributed by atoms with Crippen molar-refractivity contribution < 1.29 is 18.3 Å². The fraction of sp³-hybridized carbons (Fsp3) is 0.846. The van der Waals surface area contributed by atoms with Gasteiger partial charge in [-0.2, -0.15) is 5.26 Å². The van der Waals surface area contributed by atoms with E-state index in [-0.39, 0.29) is 12.2 Å². The largest absolute Gasteiger partial charge is 0.480 e. The van der Waals surface area contributed by atoms with E-state index < -0.39 is 27.4 Å². The van der Waals surface area contributed by atoms with Gasteiger partial charge < -0.3 is 5.11 Å². The Morgan fingerprint density at radius 2 is 2.05 bits per heavy atom.